The first-order chi connectivity index (χ1) is 8.07. The summed E-state index contributed by atoms with van der Waals surface area (Å²) in [5.74, 6) is -0.898. The van der Waals surface area contributed by atoms with Gasteiger partial charge in [-0.1, -0.05) is 39.5 Å². The molecule has 17 heavy (non-hydrogen) atoms. The van der Waals surface area contributed by atoms with Crippen molar-refractivity contribution in [1.82, 2.24) is 0 Å². The monoisotopic (exact) mass is 244 g/mol. The Labute approximate surface area is 106 Å². The Kier molecular flexibility index (Phi) is 10.2. The largest absolute Gasteiger partial charge is 0.481 e. The lowest BCUT2D eigenvalue weighted by molar-refractivity contribution is -0.141. The van der Waals surface area contributed by atoms with Gasteiger partial charge in [-0.3, -0.25) is 4.79 Å². The minimum absolute atomic E-state index is 0.212. The zero-order chi connectivity index (χ0) is 13.1. The van der Waals surface area contributed by atoms with Crippen molar-refractivity contribution < 1.29 is 14.6 Å². The Balaban J connectivity index is 3.32. The van der Waals surface area contributed by atoms with E-state index in [1.54, 1.807) is 6.92 Å². The van der Waals surface area contributed by atoms with E-state index in [4.69, 9.17) is 9.84 Å². The standard InChI is InChI=1S/C14H28O3/c1-4-5-8-11-17-13(3)10-7-6-9-12(2)14(15)16/h12-13H,4-11H2,1-3H3,(H,15,16). The third-order valence-corrected chi connectivity index (χ3v) is 3.07. The third kappa shape index (κ3) is 10.3. The number of hydrogen-bond donors (Lipinski definition) is 1. The highest BCUT2D eigenvalue weighted by molar-refractivity contribution is 5.69. The van der Waals surface area contributed by atoms with E-state index in [9.17, 15) is 4.79 Å². The number of carbonyl (C=O) groups is 1. The number of carboxylic acid groups (broad SMARTS) is 1. The lowest BCUT2D eigenvalue weighted by atomic mass is 10.0. The van der Waals surface area contributed by atoms with Crippen molar-refractivity contribution in [3.05, 3.63) is 0 Å². The van der Waals surface area contributed by atoms with E-state index in [0.717, 1.165) is 38.7 Å². The van der Waals surface area contributed by atoms with E-state index in [1.807, 2.05) is 0 Å². The van der Waals surface area contributed by atoms with Gasteiger partial charge in [0.25, 0.3) is 0 Å². The van der Waals surface area contributed by atoms with Crippen molar-refractivity contribution in [2.75, 3.05) is 6.61 Å². The smallest absolute Gasteiger partial charge is 0.306 e. The van der Waals surface area contributed by atoms with Crippen LogP contribution in [0.1, 0.15) is 65.7 Å². The lowest BCUT2D eigenvalue weighted by Gasteiger charge is -2.13. The Morgan fingerprint density at radius 1 is 1.12 bits per heavy atom. The van der Waals surface area contributed by atoms with E-state index in [0.29, 0.717) is 6.10 Å². The molecular weight excluding hydrogens is 216 g/mol. The van der Waals surface area contributed by atoms with Crippen LogP contribution in [0.15, 0.2) is 0 Å². The summed E-state index contributed by atoms with van der Waals surface area (Å²) in [6, 6.07) is 0. The zero-order valence-corrected chi connectivity index (χ0v) is 11.6. The summed E-state index contributed by atoms with van der Waals surface area (Å²) in [5, 5.41) is 8.73. The fraction of sp³-hybridized carbons (Fsp3) is 0.929. The van der Waals surface area contributed by atoms with Gasteiger partial charge in [0.05, 0.1) is 12.0 Å². The van der Waals surface area contributed by atoms with Crippen LogP contribution in [-0.2, 0) is 9.53 Å². The molecule has 0 saturated heterocycles. The minimum Gasteiger partial charge on any atom is -0.481 e. The van der Waals surface area contributed by atoms with Crippen molar-refractivity contribution in [3.63, 3.8) is 0 Å². The van der Waals surface area contributed by atoms with E-state index >= 15 is 0 Å². The number of ether oxygens (including phenoxy) is 1. The van der Waals surface area contributed by atoms with Gasteiger partial charge >= 0.3 is 5.97 Å². The molecule has 0 heterocycles. The molecular formula is C14H28O3. The fourth-order valence-corrected chi connectivity index (χ4v) is 1.73. The Hall–Kier alpha value is -0.570. The maximum Gasteiger partial charge on any atom is 0.306 e. The lowest BCUT2D eigenvalue weighted by Crippen LogP contribution is -2.11. The summed E-state index contributed by atoms with van der Waals surface area (Å²) in [6.07, 6.45) is 7.79. The molecule has 1 N–H and O–H groups in total. The van der Waals surface area contributed by atoms with Crippen molar-refractivity contribution in [2.24, 2.45) is 5.92 Å². The second-order valence-corrected chi connectivity index (χ2v) is 4.91. The highest BCUT2D eigenvalue weighted by atomic mass is 16.5. The SMILES string of the molecule is CCCCCOC(C)CCCCC(C)C(=O)O. The minimum atomic E-state index is -0.686. The molecule has 0 amide bonds. The maximum absolute atomic E-state index is 10.6. The molecule has 0 aromatic carbocycles. The molecule has 3 nitrogen and oxygen atoms in total. The second kappa shape index (κ2) is 10.6. The molecule has 0 aromatic heterocycles. The van der Waals surface area contributed by atoms with E-state index in [-0.39, 0.29) is 5.92 Å². The number of rotatable bonds is 11. The average molecular weight is 244 g/mol. The van der Waals surface area contributed by atoms with Gasteiger partial charge in [0.2, 0.25) is 0 Å². The molecule has 0 fully saturated rings. The van der Waals surface area contributed by atoms with Crippen molar-refractivity contribution in [2.45, 2.75) is 71.8 Å². The molecule has 0 spiro atoms. The Bertz CT molecular complexity index is 192. The maximum atomic E-state index is 10.6. The van der Waals surface area contributed by atoms with E-state index in [2.05, 4.69) is 13.8 Å². The molecule has 0 rings (SSSR count). The Morgan fingerprint density at radius 2 is 1.76 bits per heavy atom. The van der Waals surface area contributed by atoms with Crippen LogP contribution in [0, 0.1) is 5.92 Å². The quantitative estimate of drug-likeness (QED) is 0.561. The molecule has 2 atom stereocenters. The fourth-order valence-electron chi connectivity index (χ4n) is 1.73. The summed E-state index contributed by atoms with van der Waals surface area (Å²) in [6.45, 7) is 6.92. The summed E-state index contributed by atoms with van der Waals surface area (Å²) in [4.78, 5) is 10.6. The summed E-state index contributed by atoms with van der Waals surface area (Å²) >= 11 is 0. The molecule has 2 unspecified atom stereocenters. The van der Waals surface area contributed by atoms with E-state index in [1.165, 1.54) is 12.8 Å². The summed E-state index contributed by atoms with van der Waals surface area (Å²) < 4.78 is 5.68. The normalized spacial score (nSPS) is 14.5. The first-order valence-electron chi connectivity index (χ1n) is 6.92. The molecule has 0 aliphatic carbocycles. The number of carboxylic acids is 1. The molecule has 102 valence electrons. The van der Waals surface area contributed by atoms with Crippen molar-refractivity contribution >= 4 is 5.97 Å². The summed E-state index contributed by atoms with van der Waals surface area (Å²) in [7, 11) is 0. The van der Waals surface area contributed by atoms with Gasteiger partial charge in [-0.15, -0.1) is 0 Å². The van der Waals surface area contributed by atoms with Crippen LogP contribution < -0.4 is 0 Å². The van der Waals surface area contributed by atoms with Crippen molar-refractivity contribution in [3.8, 4) is 0 Å². The number of aliphatic carboxylic acids is 1. The van der Waals surface area contributed by atoms with Gasteiger partial charge in [-0.05, 0) is 26.2 Å². The van der Waals surface area contributed by atoms with Crippen LogP contribution in [-0.4, -0.2) is 23.8 Å². The second-order valence-electron chi connectivity index (χ2n) is 4.91. The topological polar surface area (TPSA) is 46.5 Å². The molecule has 0 saturated carbocycles. The predicted octanol–water partition coefficient (Wildman–Crippen LogP) is 3.86. The van der Waals surface area contributed by atoms with Crippen LogP contribution in [0.3, 0.4) is 0 Å². The van der Waals surface area contributed by atoms with Gasteiger partial charge in [0, 0.05) is 6.61 Å². The van der Waals surface area contributed by atoms with Gasteiger partial charge < -0.3 is 9.84 Å². The van der Waals surface area contributed by atoms with Crippen LogP contribution >= 0.6 is 0 Å². The Morgan fingerprint density at radius 3 is 2.35 bits per heavy atom. The average Bonchev–Trinajstić information content (AvgIpc) is 2.29. The molecule has 3 heteroatoms. The van der Waals surface area contributed by atoms with Crippen LogP contribution in [0.25, 0.3) is 0 Å². The third-order valence-electron chi connectivity index (χ3n) is 3.07. The molecule has 0 radical (unpaired) electrons. The molecule has 0 bridgehead atoms. The van der Waals surface area contributed by atoms with Crippen LogP contribution in [0.5, 0.6) is 0 Å². The first-order valence-corrected chi connectivity index (χ1v) is 6.92. The number of unbranched alkanes of at least 4 members (excludes halogenated alkanes) is 3. The van der Waals surface area contributed by atoms with Gasteiger partial charge in [0.1, 0.15) is 0 Å². The molecule has 0 aliphatic heterocycles. The van der Waals surface area contributed by atoms with E-state index < -0.39 is 5.97 Å². The first kappa shape index (κ1) is 16.4. The zero-order valence-electron chi connectivity index (χ0n) is 11.6. The van der Waals surface area contributed by atoms with Crippen LogP contribution in [0.4, 0.5) is 0 Å². The highest BCUT2D eigenvalue weighted by Gasteiger charge is 2.10. The number of hydrogen-bond acceptors (Lipinski definition) is 2. The van der Waals surface area contributed by atoms with Gasteiger partial charge in [0.15, 0.2) is 0 Å². The molecule has 0 aliphatic rings. The highest BCUT2D eigenvalue weighted by Crippen LogP contribution is 2.12. The van der Waals surface area contributed by atoms with Gasteiger partial charge in [-0.2, -0.15) is 0 Å². The predicted molar refractivity (Wildman–Crippen MR) is 70.2 cm³/mol. The van der Waals surface area contributed by atoms with Gasteiger partial charge in [-0.25, -0.2) is 0 Å². The van der Waals surface area contributed by atoms with Crippen LogP contribution in [0.2, 0.25) is 0 Å². The summed E-state index contributed by atoms with van der Waals surface area (Å²) in [5.41, 5.74) is 0. The molecule has 0 aromatic rings. The van der Waals surface area contributed by atoms with Crippen molar-refractivity contribution in [1.29, 1.82) is 0 Å².